The molecule has 152 valence electrons. The van der Waals surface area contributed by atoms with E-state index in [-0.39, 0.29) is 17.0 Å². The van der Waals surface area contributed by atoms with Gasteiger partial charge in [0.2, 0.25) is 0 Å². The molecule has 8 heteroatoms. The summed E-state index contributed by atoms with van der Waals surface area (Å²) >= 11 is 0. The van der Waals surface area contributed by atoms with Crippen LogP contribution in [0.2, 0.25) is 0 Å². The van der Waals surface area contributed by atoms with Gasteiger partial charge in [0.15, 0.2) is 6.29 Å². The number of ether oxygens (including phenoxy) is 2. The maximum atomic E-state index is 14.5. The van der Waals surface area contributed by atoms with E-state index >= 15 is 0 Å². The Bertz CT molecular complexity index is 818. The molecule has 0 radical (unpaired) electrons. The van der Waals surface area contributed by atoms with Gasteiger partial charge in [-0.2, -0.15) is 13.2 Å². The largest absolute Gasteiger partial charge is 0.422 e. The molecule has 2 aromatic rings. The van der Waals surface area contributed by atoms with Gasteiger partial charge in [-0.3, -0.25) is 0 Å². The molecule has 0 atom stereocenters. The highest BCUT2D eigenvalue weighted by Gasteiger charge is 2.38. The van der Waals surface area contributed by atoms with E-state index in [1.807, 2.05) is 6.92 Å². The highest BCUT2D eigenvalue weighted by molar-refractivity contribution is 5.65. The van der Waals surface area contributed by atoms with Gasteiger partial charge < -0.3 is 9.47 Å². The van der Waals surface area contributed by atoms with E-state index in [2.05, 4.69) is 0 Å². The summed E-state index contributed by atoms with van der Waals surface area (Å²) in [5.41, 5.74) is -2.18. The van der Waals surface area contributed by atoms with Crippen molar-refractivity contribution >= 4 is 0 Å². The van der Waals surface area contributed by atoms with Gasteiger partial charge in [0.1, 0.15) is 23.0 Å². The Morgan fingerprint density at radius 3 is 2.04 bits per heavy atom. The molecule has 1 aliphatic rings. The van der Waals surface area contributed by atoms with Crippen molar-refractivity contribution in [2.75, 3.05) is 13.2 Å². The van der Waals surface area contributed by atoms with Crippen LogP contribution in [-0.4, -0.2) is 13.2 Å². The van der Waals surface area contributed by atoms with Gasteiger partial charge in [0.25, 0.3) is 0 Å². The molecule has 1 saturated heterocycles. The molecule has 1 fully saturated rings. The van der Waals surface area contributed by atoms with Crippen LogP contribution in [0, 0.1) is 23.4 Å². The second-order valence-electron chi connectivity index (χ2n) is 6.71. The van der Waals surface area contributed by atoms with Gasteiger partial charge in [-0.25, -0.2) is 13.2 Å². The lowest BCUT2D eigenvalue weighted by atomic mass is 10.00. The molecule has 1 aliphatic heterocycles. The molecule has 0 spiro atoms. The SMILES string of the molecule is CCCC1COC(c2ccc(-c3cc(F)c(C(F)(F)F)c(F)c3)c(F)c2)OC1. The predicted octanol–water partition coefficient (Wildman–Crippen LogP) is 6.25. The van der Waals surface area contributed by atoms with E-state index in [9.17, 15) is 26.3 Å². The predicted molar refractivity (Wildman–Crippen MR) is 89.8 cm³/mol. The van der Waals surface area contributed by atoms with Gasteiger partial charge in [-0.1, -0.05) is 25.5 Å². The summed E-state index contributed by atoms with van der Waals surface area (Å²) in [5, 5.41) is 0. The second kappa shape index (κ2) is 8.13. The van der Waals surface area contributed by atoms with E-state index in [1.54, 1.807) is 0 Å². The average molecular weight is 404 g/mol. The standard InChI is InChI=1S/C20H18F6O2/c1-2-3-11-9-27-19(28-10-11)12-4-5-14(15(21)6-12)13-7-16(22)18(17(23)8-13)20(24,25)26/h4-8,11,19H,2-3,9-10H2,1H3. The van der Waals surface area contributed by atoms with Crippen LogP contribution in [0.3, 0.4) is 0 Å². The third-order valence-corrected chi connectivity index (χ3v) is 4.57. The topological polar surface area (TPSA) is 18.5 Å². The number of halogens is 6. The minimum atomic E-state index is -5.18. The van der Waals surface area contributed by atoms with Crippen molar-refractivity contribution in [2.45, 2.75) is 32.2 Å². The first-order valence-corrected chi connectivity index (χ1v) is 8.80. The summed E-state index contributed by atoms with van der Waals surface area (Å²) in [7, 11) is 0. The Morgan fingerprint density at radius 2 is 1.54 bits per heavy atom. The lowest BCUT2D eigenvalue weighted by molar-refractivity contribution is -0.206. The Morgan fingerprint density at radius 1 is 0.929 bits per heavy atom. The van der Waals surface area contributed by atoms with Gasteiger partial charge in [-0.15, -0.1) is 0 Å². The fraction of sp³-hybridized carbons (Fsp3) is 0.400. The van der Waals surface area contributed by atoms with Gasteiger partial charge in [0, 0.05) is 17.0 Å². The molecule has 0 bridgehead atoms. The summed E-state index contributed by atoms with van der Waals surface area (Å²) in [6.45, 7) is 2.99. The molecular formula is C20H18F6O2. The lowest BCUT2D eigenvalue weighted by Crippen LogP contribution is -2.27. The van der Waals surface area contributed by atoms with Gasteiger partial charge in [0.05, 0.1) is 13.2 Å². The van der Waals surface area contributed by atoms with E-state index in [0.717, 1.165) is 18.9 Å². The number of hydrogen-bond acceptors (Lipinski definition) is 2. The van der Waals surface area contributed by atoms with Crippen molar-refractivity contribution < 1.29 is 35.8 Å². The lowest BCUT2D eigenvalue weighted by Gasteiger charge is -2.29. The molecule has 0 N–H and O–H groups in total. The fourth-order valence-corrected chi connectivity index (χ4v) is 3.22. The van der Waals surface area contributed by atoms with Crippen LogP contribution in [0.4, 0.5) is 26.3 Å². The first kappa shape index (κ1) is 20.7. The highest BCUT2D eigenvalue weighted by Crippen LogP contribution is 2.37. The van der Waals surface area contributed by atoms with E-state index in [4.69, 9.17) is 9.47 Å². The number of rotatable bonds is 4. The van der Waals surface area contributed by atoms with Crippen molar-refractivity contribution in [3.63, 3.8) is 0 Å². The van der Waals surface area contributed by atoms with Crippen molar-refractivity contribution in [3.05, 3.63) is 58.9 Å². The first-order valence-electron chi connectivity index (χ1n) is 8.80. The quantitative estimate of drug-likeness (QED) is 0.561. The molecule has 0 aromatic heterocycles. The third kappa shape index (κ3) is 4.33. The molecule has 0 aliphatic carbocycles. The monoisotopic (exact) mass is 404 g/mol. The van der Waals surface area contributed by atoms with E-state index < -0.39 is 35.5 Å². The van der Waals surface area contributed by atoms with Crippen LogP contribution >= 0.6 is 0 Å². The van der Waals surface area contributed by atoms with Crippen LogP contribution in [0.5, 0.6) is 0 Å². The Balaban J connectivity index is 1.84. The van der Waals surface area contributed by atoms with Crippen molar-refractivity contribution in [1.82, 2.24) is 0 Å². The van der Waals surface area contributed by atoms with E-state index in [1.165, 1.54) is 12.1 Å². The van der Waals surface area contributed by atoms with Gasteiger partial charge in [-0.05, 0) is 30.2 Å². The summed E-state index contributed by atoms with van der Waals surface area (Å²) < 4.78 is 91.3. The van der Waals surface area contributed by atoms with Crippen LogP contribution < -0.4 is 0 Å². The van der Waals surface area contributed by atoms with Gasteiger partial charge >= 0.3 is 6.18 Å². The summed E-state index contributed by atoms with van der Waals surface area (Å²) in [4.78, 5) is 0. The third-order valence-electron chi connectivity index (χ3n) is 4.57. The zero-order chi connectivity index (χ0) is 20.5. The zero-order valence-corrected chi connectivity index (χ0v) is 15.0. The fourth-order valence-electron chi connectivity index (χ4n) is 3.22. The van der Waals surface area contributed by atoms with Crippen molar-refractivity contribution in [2.24, 2.45) is 5.92 Å². The molecule has 2 aromatic carbocycles. The second-order valence-corrected chi connectivity index (χ2v) is 6.71. The van der Waals surface area contributed by atoms with Crippen LogP contribution in [-0.2, 0) is 15.7 Å². The molecule has 0 amide bonds. The number of alkyl halides is 3. The molecule has 0 saturated carbocycles. The Labute approximate surface area is 158 Å². The molecule has 28 heavy (non-hydrogen) atoms. The van der Waals surface area contributed by atoms with Crippen LogP contribution in [0.15, 0.2) is 30.3 Å². The zero-order valence-electron chi connectivity index (χ0n) is 15.0. The number of benzene rings is 2. The molecule has 0 unspecified atom stereocenters. The van der Waals surface area contributed by atoms with Crippen molar-refractivity contribution in [3.8, 4) is 11.1 Å². The summed E-state index contributed by atoms with van der Waals surface area (Å²) in [5.74, 6) is -4.18. The minimum absolute atomic E-state index is 0.227. The molecular weight excluding hydrogens is 386 g/mol. The first-order chi connectivity index (χ1) is 13.2. The van der Waals surface area contributed by atoms with Crippen molar-refractivity contribution in [1.29, 1.82) is 0 Å². The molecule has 2 nitrogen and oxygen atoms in total. The summed E-state index contributed by atoms with van der Waals surface area (Å²) in [6.07, 6.45) is -4.00. The molecule has 3 rings (SSSR count). The Hall–Kier alpha value is -2.06. The highest BCUT2D eigenvalue weighted by atomic mass is 19.4. The average Bonchev–Trinajstić information content (AvgIpc) is 2.60. The molecule has 1 heterocycles. The minimum Gasteiger partial charge on any atom is -0.348 e. The number of hydrogen-bond donors (Lipinski definition) is 0. The van der Waals surface area contributed by atoms with Crippen LogP contribution in [0.25, 0.3) is 11.1 Å². The smallest absolute Gasteiger partial charge is 0.348 e. The maximum Gasteiger partial charge on any atom is 0.422 e. The Kier molecular flexibility index (Phi) is 6.00. The van der Waals surface area contributed by atoms with E-state index in [0.29, 0.717) is 30.9 Å². The normalized spacial score (nSPS) is 20.4. The maximum absolute atomic E-state index is 14.5. The summed E-state index contributed by atoms with van der Waals surface area (Å²) in [6, 6.07) is 4.71. The van der Waals surface area contributed by atoms with Crippen LogP contribution in [0.1, 0.15) is 37.2 Å².